The summed E-state index contributed by atoms with van der Waals surface area (Å²) in [5.74, 6) is -2.61. The average Bonchev–Trinajstić information content (AvgIpc) is 2.83. The smallest absolute Gasteiger partial charge is 0.235 e. The number of hydrogen-bond donors (Lipinski definition) is 3. The van der Waals surface area contributed by atoms with Crippen LogP contribution >= 0.6 is 0 Å². The van der Waals surface area contributed by atoms with Gasteiger partial charge in [-0.1, -0.05) is 0 Å². The first kappa shape index (κ1) is 13.4. The van der Waals surface area contributed by atoms with Gasteiger partial charge in [0.25, 0.3) is 0 Å². The third-order valence-electron chi connectivity index (χ3n) is 4.85. The van der Waals surface area contributed by atoms with Gasteiger partial charge in [-0.2, -0.15) is 0 Å². The van der Waals surface area contributed by atoms with Crippen molar-refractivity contribution in [3.8, 4) is 0 Å². The molecule has 2 unspecified atom stereocenters. The van der Waals surface area contributed by atoms with E-state index in [0.717, 1.165) is 4.90 Å². The zero-order valence-electron chi connectivity index (χ0n) is 11.2. The molecule has 7 heteroatoms. The molecule has 7 nitrogen and oxygen atoms in total. The minimum absolute atomic E-state index is 0.122. The van der Waals surface area contributed by atoms with Crippen LogP contribution in [0.3, 0.4) is 0 Å². The van der Waals surface area contributed by atoms with Crippen molar-refractivity contribution in [3.05, 3.63) is 11.1 Å². The van der Waals surface area contributed by atoms with Gasteiger partial charge in [0.2, 0.25) is 11.8 Å². The second kappa shape index (κ2) is 3.97. The molecule has 2 fully saturated rings. The molecule has 0 saturated carbocycles. The lowest BCUT2D eigenvalue weighted by Crippen LogP contribution is -2.58. The van der Waals surface area contributed by atoms with E-state index in [9.17, 15) is 24.6 Å². The van der Waals surface area contributed by atoms with Gasteiger partial charge in [0.05, 0.1) is 30.6 Å². The van der Waals surface area contributed by atoms with Gasteiger partial charge in [-0.3, -0.25) is 24.6 Å². The first-order chi connectivity index (χ1) is 9.38. The summed E-state index contributed by atoms with van der Waals surface area (Å²) in [4.78, 5) is 38.1. The number of nitrogens with zero attached hydrogens (tertiary/aromatic N) is 1. The number of amides is 2. The van der Waals surface area contributed by atoms with Crippen LogP contribution in [0.5, 0.6) is 0 Å². The van der Waals surface area contributed by atoms with Gasteiger partial charge in [-0.05, 0) is 12.5 Å². The van der Waals surface area contributed by atoms with Gasteiger partial charge in [-0.25, -0.2) is 0 Å². The zero-order valence-corrected chi connectivity index (χ0v) is 11.2. The monoisotopic (exact) mass is 280 g/mol. The molecule has 0 radical (unpaired) electrons. The molecular weight excluding hydrogens is 264 g/mol. The molecule has 0 aromatic carbocycles. The lowest BCUT2D eigenvalue weighted by Gasteiger charge is -2.35. The quantitative estimate of drug-likeness (QED) is 0.496. The van der Waals surface area contributed by atoms with Crippen LogP contribution in [0.2, 0.25) is 0 Å². The summed E-state index contributed by atoms with van der Waals surface area (Å²) in [6.07, 6.45) is 0. The summed E-state index contributed by atoms with van der Waals surface area (Å²) in [6.45, 7) is 0.658. The van der Waals surface area contributed by atoms with Gasteiger partial charge < -0.3 is 10.2 Å². The molecule has 108 valence electrons. The van der Waals surface area contributed by atoms with Gasteiger partial charge >= 0.3 is 0 Å². The number of carbonyl (C=O) groups is 3. The van der Waals surface area contributed by atoms with Crippen molar-refractivity contribution in [2.24, 2.45) is 11.8 Å². The van der Waals surface area contributed by atoms with E-state index in [1.807, 2.05) is 0 Å². The molecule has 3 rings (SSSR count). The summed E-state index contributed by atoms with van der Waals surface area (Å²) in [6, 6.07) is -0.573. The number of aliphatic hydroxyl groups is 2. The Morgan fingerprint density at radius 1 is 1.20 bits per heavy atom. The molecule has 20 heavy (non-hydrogen) atoms. The maximum absolute atomic E-state index is 12.5. The number of aliphatic hydroxyl groups excluding tert-OH is 2. The zero-order chi connectivity index (χ0) is 14.8. The molecule has 3 N–H and O–H groups in total. The van der Waals surface area contributed by atoms with Gasteiger partial charge in [-0.15, -0.1) is 0 Å². The minimum Gasteiger partial charge on any atom is -0.392 e. The van der Waals surface area contributed by atoms with E-state index < -0.39 is 42.4 Å². The van der Waals surface area contributed by atoms with Crippen molar-refractivity contribution < 1.29 is 24.6 Å². The molecule has 0 aromatic heterocycles. The summed E-state index contributed by atoms with van der Waals surface area (Å²) in [7, 11) is 1.40. The summed E-state index contributed by atoms with van der Waals surface area (Å²) in [5.41, 5.74) is -0.751. The van der Waals surface area contributed by atoms with Crippen LogP contribution in [0, 0.1) is 11.8 Å². The molecule has 3 aliphatic rings. The number of nitrogens with one attached hydrogen (secondary N) is 1. The van der Waals surface area contributed by atoms with Crippen LogP contribution in [0.1, 0.15) is 6.92 Å². The van der Waals surface area contributed by atoms with Crippen molar-refractivity contribution in [1.29, 1.82) is 0 Å². The second-order valence-electron chi connectivity index (χ2n) is 5.71. The SMILES string of the molecule is CN1C(=O)C2C(C1=O)[C@]1(C)N[C@H]2C(CO)=C(CO)C1=O. The third-order valence-corrected chi connectivity index (χ3v) is 4.85. The van der Waals surface area contributed by atoms with Crippen LogP contribution in [-0.4, -0.2) is 64.6 Å². The number of likely N-dealkylation sites (tertiary alicyclic amines) is 1. The fourth-order valence-corrected chi connectivity index (χ4v) is 3.81. The van der Waals surface area contributed by atoms with E-state index in [-0.39, 0.29) is 17.4 Å². The lowest BCUT2D eigenvalue weighted by molar-refractivity contribution is -0.141. The standard InChI is InChI=1S/C13H16N2O5/c1-13-8-7(11(19)15(2)12(8)20)9(14-13)5(3-16)6(4-17)10(13)18/h7-9,14,16-17H,3-4H2,1-2H3/t7?,8?,9-,13-/m0/s1. The highest BCUT2D eigenvalue weighted by atomic mass is 16.3. The van der Waals surface area contributed by atoms with E-state index in [0.29, 0.717) is 5.57 Å². The van der Waals surface area contributed by atoms with E-state index in [4.69, 9.17) is 0 Å². The maximum atomic E-state index is 12.5. The van der Waals surface area contributed by atoms with Gasteiger partial charge in [0, 0.05) is 18.7 Å². The van der Waals surface area contributed by atoms with Crippen molar-refractivity contribution in [3.63, 3.8) is 0 Å². The summed E-state index contributed by atoms with van der Waals surface area (Å²) < 4.78 is 0. The molecule has 2 amide bonds. The van der Waals surface area contributed by atoms with Crippen molar-refractivity contribution in [2.45, 2.75) is 18.5 Å². The Morgan fingerprint density at radius 3 is 2.40 bits per heavy atom. The highest BCUT2D eigenvalue weighted by Crippen LogP contribution is 2.48. The molecule has 0 aliphatic carbocycles. The Balaban J connectivity index is 2.20. The predicted octanol–water partition coefficient (Wildman–Crippen LogP) is -2.19. The van der Waals surface area contributed by atoms with Crippen LogP contribution in [0.4, 0.5) is 0 Å². The third kappa shape index (κ3) is 1.27. The van der Waals surface area contributed by atoms with Gasteiger partial charge in [0.1, 0.15) is 0 Å². The van der Waals surface area contributed by atoms with Gasteiger partial charge in [0.15, 0.2) is 5.78 Å². The molecule has 4 atom stereocenters. The summed E-state index contributed by atoms with van der Waals surface area (Å²) in [5, 5.41) is 21.9. The Bertz CT molecular complexity index is 569. The van der Waals surface area contributed by atoms with Crippen molar-refractivity contribution in [1.82, 2.24) is 10.2 Å². The highest BCUT2D eigenvalue weighted by molar-refractivity contribution is 6.15. The van der Waals surface area contributed by atoms with Crippen LogP contribution < -0.4 is 5.32 Å². The molecular formula is C13H16N2O5. The number of ketones is 1. The van der Waals surface area contributed by atoms with Crippen LogP contribution in [0.25, 0.3) is 0 Å². The van der Waals surface area contributed by atoms with Crippen molar-refractivity contribution in [2.75, 3.05) is 20.3 Å². The largest absolute Gasteiger partial charge is 0.392 e. The Hall–Kier alpha value is -1.57. The molecule has 2 saturated heterocycles. The Kier molecular flexibility index (Phi) is 2.66. The number of carbonyl (C=O) groups excluding carboxylic acids is 3. The number of Topliss-reactive ketones (excluding diaryl/α,β-unsaturated/α-hetero) is 1. The predicted molar refractivity (Wildman–Crippen MR) is 66.3 cm³/mol. The van der Waals surface area contributed by atoms with E-state index in [2.05, 4.69) is 5.32 Å². The number of fused-ring (bicyclic) bond motifs is 5. The molecule has 2 bridgehead atoms. The van der Waals surface area contributed by atoms with E-state index in [1.54, 1.807) is 6.92 Å². The second-order valence-corrected chi connectivity index (χ2v) is 5.71. The minimum atomic E-state index is -1.19. The highest BCUT2D eigenvalue weighted by Gasteiger charge is 2.68. The first-order valence-electron chi connectivity index (χ1n) is 6.46. The fourth-order valence-electron chi connectivity index (χ4n) is 3.81. The topological polar surface area (TPSA) is 107 Å². The first-order valence-corrected chi connectivity index (χ1v) is 6.46. The Morgan fingerprint density at radius 2 is 1.85 bits per heavy atom. The molecule has 3 aliphatic heterocycles. The summed E-state index contributed by atoms with van der Waals surface area (Å²) >= 11 is 0. The van der Waals surface area contributed by atoms with Crippen LogP contribution in [0.15, 0.2) is 11.1 Å². The van der Waals surface area contributed by atoms with E-state index >= 15 is 0 Å². The lowest BCUT2D eigenvalue weighted by atomic mass is 9.79. The molecule has 0 aromatic rings. The average molecular weight is 280 g/mol. The molecule has 0 spiro atoms. The molecule has 3 heterocycles. The normalized spacial score (nSPS) is 39.9. The number of rotatable bonds is 2. The van der Waals surface area contributed by atoms with Crippen molar-refractivity contribution >= 4 is 17.6 Å². The number of hydrogen-bond acceptors (Lipinski definition) is 6. The Labute approximate surface area is 115 Å². The maximum Gasteiger partial charge on any atom is 0.235 e. The fraction of sp³-hybridized carbons (Fsp3) is 0.615. The van der Waals surface area contributed by atoms with Crippen LogP contribution in [-0.2, 0) is 14.4 Å². The van der Waals surface area contributed by atoms with E-state index in [1.165, 1.54) is 7.05 Å². The number of imide groups is 1.